The topological polar surface area (TPSA) is 91.2 Å². The van der Waals surface area contributed by atoms with Gasteiger partial charge in [-0.15, -0.1) is 0 Å². The Morgan fingerprint density at radius 3 is 2.44 bits per heavy atom. The number of anilines is 1. The van der Waals surface area contributed by atoms with Crippen molar-refractivity contribution in [1.82, 2.24) is 4.57 Å². The second-order valence-electron chi connectivity index (χ2n) is 9.13. The number of thiazole rings is 1. The van der Waals surface area contributed by atoms with E-state index in [4.69, 9.17) is 19.2 Å². The number of fused-ring (bicyclic) bond motifs is 1. The standard InChI is InChI=1S/C31H28BrN3O5S/c1-5-40-22-13-11-19(12-14-22)28-27(29(36)34-21-9-7-6-8-10-21)18(2)33-31-35(28)30(37)26(41-31)16-20-15-23(32)25(39-4)17-24(20)38-3/h6-17,28H,5H2,1-4H3,(H,34,36)/b26-16-/t28-/m0/s1. The van der Waals surface area contributed by atoms with Crippen molar-refractivity contribution in [3.8, 4) is 17.2 Å². The monoisotopic (exact) mass is 633 g/mol. The molecule has 10 heteroatoms. The van der Waals surface area contributed by atoms with Gasteiger partial charge in [-0.1, -0.05) is 41.7 Å². The number of carbonyl (C=O) groups excluding carboxylic acids is 1. The minimum atomic E-state index is -0.697. The zero-order valence-corrected chi connectivity index (χ0v) is 25.3. The van der Waals surface area contributed by atoms with Crippen LogP contribution in [0.1, 0.15) is 31.0 Å². The first-order chi connectivity index (χ1) is 19.8. The van der Waals surface area contributed by atoms with Crippen LogP contribution in [0.25, 0.3) is 6.08 Å². The summed E-state index contributed by atoms with van der Waals surface area (Å²) >= 11 is 4.77. The number of hydrogen-bond donors (Lipinski definition) is 1. The second-order valence-corrected chi connectivity index (χ2v) is 11.0. The number of para-hydroxylation sites is 1. The Labute approximate surface area is 249 Å². The van der Waals surface area contributed by atoms with Crippen LogP contribution in [-0.2, 0) is 4.79 Å². The number of aromatic nitrogens is 1. The van der Waals surface area contributed by atoms with Gasteiger partial charge in [-0.2, -0.15) is 0 Å². The summed E-state index contributed by atoms with van der Waals surface area (Å²) in [7, 11) is 3.14. The van der Waals surface area contributed by atoms with Gasteiger partial charge in [-0.3, -0.25) is 14.2 Å². The number of amides is 1. The number of nitrogens with one attached hydrogen (secondary N) is 1. The fourth-order valence-corrected chi connectivity index (χ4v) is 6.26. The molecule has 1 aliphatic heterocycles. The zero-order chi connectivity index (χ0) is 29.1. The Hall–Kier alpha value is -4.15. The van der Waals surface area contributed by atoms with E-state index in [1.807, 2.05) is 67.6 Å². The first kappa shape index (κ1) is 28.4. The molecule has 0 aliphatic carbocycles. The Kier molecular flexibility index (Phi) is 8.41. The molecular weight excluding hydrogens is 606 g/mol. The molecule has 0 saturated carbocycles. The summed E-state index contributed by atoms with van der Waals surface area (Å²) in [6.07, 6.45) is 1.77. The maximum atomic E-state index is 14.0. The van der Waals surface area contributed by atoms with E-state index in [0.717, 1.165) is 10.0 Å². The summed E-state index contributed by atoms with van der Waals surface area (Å²) in [5.74, 6) is 1.54. The Morgan fingerprint density at radius 2 is 1.78 bits per heavy atom. The first-order valence-corrected chi connectivity index (χ1v) is 14.5. The molecule has 0 fully saturated rings. The fourth-order valence-electron chi connectivity index (χ4n) is 4.70. The van der Waals surface area contributed by atoms with Crippen molar-refractivity contribution in [1.29, 1.82) is 0 Å². The summed E-state index contributed by atoms with van der Waals surface area (Å²) in [6.45, 7) is 4.24. The van der Waals surface area contributed by atoms with Gasteiger partial charge in [0, 0.05) is 17.3 Å². The Balaban J connectivity index is 1.68. The molecule has 8 nitrogen and oxygen atoms in total. The number of methoxy groups -OCH3 is 2. The van der Waals surface area contributed by atoms with E-state index in [-0.39, 0.29) is 11.5 Å². The van der Waals surface area contributed by atoms with Gasteiger partial charge in [0.25, 0.3) is 11.5 Å². The van der Waals surface area contributed by atoms with Crippen molar-refractivity contribution in [2.45, 2.75) is 19.9 Å². The van der Waals surface area contributed by atoms with Crippen LogP contribution >= 0.6 is 27.3 Å². The Bertz CT molecular complexity index is 1810. The number of halogens is 1. The maximum Gasteiger partial charge on any atom is 0.271 e. The molecule has 1 aromatic heterocycles. The molecule has 3 aromatic carbocycles. The van der Waals surface area contributed by atoms with E-state index in [2.05, 4.69) is 21.2 Å². The van der Waals surface area contributed by atoms with Gasteiger partial charge < -0.3 is 19.5 Å². The van der Waals surface area contributed by atoms with Crippen LogP contribution in [-0.4, -0.2) is 31.3 Å². The largest absolute Gasteiger partial charge is 0.496 e. The van der Waals surface area contributed by atoms with Crippen LogP contribution in [0.15, 0.2) is 92.3 Å². The highest BCUT2D eigenvalue weighted by Crippen LogP contribution is 2.34. The molecule has 4 aromatic rings. The van der Waals surface area contributed by atoms with Gasteiger partial charge in [0.2, 0.25) is 0 Å². The van der Waals surface area contributed by atoms with Gasteiger partial charge in [-0.05, 0) is 71.7 Å². The van der Waals surface area contributed by atoms with Crippen LogP contribution in [0.2, 0.25) is 0 Å². The molecule has 1 amide bonds. The molecule has 1 atom stereocenters. The molecule has 5 rings (SSSR count). The van der Waals surface area contributed by atoms with Gasteiger partial charge >= 0.3 is 0 Å². The predicted molar refractivity (Wildman–Crippen MR) is 164 cm³/mol. The summed E-state index contributed by atoms with van der Waals surface area (Å²) in [5.41, 5.74) is 2.77. The number of nitrogens with zero attached hydrogens (tertiary/aromatic N) is 2. The zero-order valence-electron chi connectivity index (χ0n) is 22.9. The Morgan fingerprint density at radius 1 is 1.07 bits per heavy atom. The lowest BCUT2D eigenvalue weighted by molar-refractivity contribution is -0.113. The molecule has 0 radical (unpaired) electrons. The minimum absolute atomic E-state index is 0.265. The summed E-state index contributed by atoms with van der Waals surface area (Å²) in [4.78, 5) is 33.0. The lowest BCUT2D eigenvalue weighted by atomic mass is 9.95. The molecule has 0 saturated heterocycles. The molecule has 41 heavy (non-hydrogen) atoms. The molecule has 0 spiro atoms. The summed E-state index contributed by atoms with van der Waals surface area (Å²) in [6, 6.07) is 19.5. The predicted octanol–water partition coefficient (Wildman–Crippen LogP) is 5.05. The maximum absolute atomic E-state index is 14.0. The van der Waals surface area contributed by atoms with Crippen molar-refractivity contribution >= 4 is 44.9 Å². The first-order valence-electron chi connectivity index (χ1n) is 12.9. The van der Waals surface area contributed by atoms with Crippen LogP contribution in [0.4, 0.5) is 5.69 Å². The number of carbonyl (C=O) groups is 1. The summed E-state index contributed by atoms with van der Waals surface area (Å²) in [5, 5.41) is 2.97. The van der Waals surface area contributed by atoms with E-state index in [1.165, 1.54) is 11.3 Å². The molecule has 1 aliphatic rings. The van der Waals surface area contributed by atoms with E-state index < -0.39 is 6.04 Å². The number of hydrogen-bond acceptors (Lipinski definition) is 7. The molecular formula is C31H28BrN3O5S. The van der Waals surface area contributed by atoms with Crippen molar-refractivity contribution in [3.63, 3.8) is 0 Å². The number of rotatable bonds is 8. The van der Waals surface area contributed by atoms with Crippen molar-refractivity contribution in [3.05, 3.63) is 113 Å². The normalized spacial score (nSPS) is 14.8. The molecule has 1 N–H and O–H groups in total. The van der Waals surface area contributed by atoms with Crippen LogP contribution in [0, 0.1) is 0 Å². The lowest BCUT2D eigenvalue weighted by Gasteiger charge is -2.25. The fraction of sp³-hybridized carbons (Fsp3) is 0.194. The lowest BCUT2D eigenvalue weighted by Crippen LogP contribution is -2.40. The third kappa shape index (κ3) is 5.71. The third-order valence-electron chi connectivity index (χ3n) is 6.60. The van der Waals surface area contributed by atoms with E-state index >= 15 is 0 Å². The van der Waals surface area contributed by atoms with Crippen LogP contribution < -0.4 is 34.4 Å². The smallest absolute Gasteiger partial charge is 0.271 e. The number of benzene rings is 3. The highest BCUT2D eigenvalue weighted by atomic mass is 79.9. The van der Waals surface area contributed by atoms with E-state index in [9.17, 15) is 9.59 Å². The molecule has 2 heterocycles. The SMILES string of the molecule is CCOc1ccc([C@H]2C(C(=O)Nc3ccccc3)=C(C)N=c3s/c(=C\c4cc(Br)c(OC)cc4OC)c(=O)n32)cc1. The van der Waals surface area contributed by atoms with Gasteiger partial charge in [0.05, 0.1) is 47.1 Å². The van der Waals surface area contributed by atoms with Gasteiger partial charge in [-0.25, -0.2) is 4.99 Å². The average molecular weight is 635 g/mol. The minimum Gasteiger partial charge on any atom is -0.496 e. The van der Waals surface area contributed by atoms with Crippen molar-refractivity contribution in [2.24, 2.45) is 4.99 Å². The van der Waals surface area contributed by atoms with Crippen LogP contribution in [0.3, 0.4) is 0 Å². The van der Waals surface area contributed by atoms with Crippen LogP contribution in [0.5, 0.6) is 17.2 Å². The molecule has 0 unspecified atom stereocenters. The number of allylic oxidation sites excluding steroid dienone is 1. The second kappa shape index (κ2) is 12.2. The van der Waals surface area contributed by atoms with Crippen molar-refractivity contribution in [2.75, 3.05) is 26.1 Å². The number of ether oxygens (including phenoxy) is 3. The quantitative estimate of drug-likeness (QED) is 0.293. The highest BCUT2D eigenvalue weighted by molar-refractivity contribution is 9.10. The average Bonchev–Trinajstić information content (AvgIpc) is 3.27. The molecule has 0 bridgehead atoms. The van der Waals surface area contributed by atoms with Gasteiger partial charge in [0.1, 0.15) is 17.2 Å². The molecule has 210 valence electrons. The summed E-state index contributed by atoms with van der Waals surface area (Å²) < 4.78 is 19.3. The van der Waals surface area contributed by atoms with Crippen molar-refractivity contribution < 1.29 is 19.0 Å². The van der Waals surface area contributed by atoms with Gasteiger partial charge in [0.15, 0.2) is 4.80 Å². The van der Waals surface area contributed by atoms with E-state index in [0.29, 0.717) is 55.7 Å². The van der Waals surface area contributed by atoms with E-state index in [1.54, 1.807) is 37.9 Å². The highest BCUT2D eigenvalue weighted by Gasteiger charge is 2.32. The third-order valence-corrected chi connectivity index (χ3v) is 8.20.